The number of hydrogen-bond acceptors (Lipinski definition) is 6. The van der Waals surface area contributed by atoms with Crippen LogP contribution < -0.4 is 5.73 Å². The van der Waals surface area contributed by atoms with Crippen LogP contribution >= 0.6 is 0 Å². The molecule has 8 nitrogen and oxygen atoms in total. The Labute approximate surface area is 122 Å². The number of aliphatic carboxylic acids is 1. The van der Waals surface area contributed by atoms with E-state index in [1.54, 1.807) is 0 Å². The first-order valence-corrected chi connectivity index (χ1v) is 7.19. The Hall–Kier alpha value is -2.12. The maximum Gasteiger partial charge on any atom is 0.363 e. The van der Waals surface area contributed by atoms with Gasteiger partial charge < -0.3 is 15.6 Å². The molecule has 2 rings (SSSR count). The highest BCUT2D eigenvalue weighted by molar-refractivity contribution is 5.91. The van der Waals surface area contributed by atoms with Gasteiger partial charge in [-0.25, -0.2) is 9.48 Å². The summed E-state index contributed by atoms with van der Waals surface area (Å²) in [6.45, 7) is 0.307. The predicted molar refractivity (Wildman–Crippen MR) is 73.6 cm³/mol. The number of ether oxygens (including phenoxy) is 1. The fourth-order valence-electron chi connectivity index (χ4n) is 2.40. The van der Waals surface area contributed by atoms with Gasteiger partial charge in [-0.15, -0.1) is 5.10 Å². The van der Waals surface area contributed by atoms with Crippen LogP contribution in [0.1, 0.15) is 55.4 Å². The van der Waals surface area contributed by atoms with Crippen molar-refractivity contribution in [2.75, 3.05) is 5.73 Å². The zero-order valence-corrected chi connectivity index (χ0v) is 11.8. The molecule has 21 heavy (non-hydrogen) atoms. The fourth-order valence-corrected chi connectivity index (χ4v) is 2.40. The number of carbonyl (C=O) groups excluding carboxylic acids is 1. The highest BCUT2D eigenvalue weighted by atomic mass is 16.5. The third kappa shape index (κ3) is 4.17. The molecule has 3 N–H and O–H groups in total. The molecule has 0 atom stereocenters. The van der Waals surface area contributed by atoms with Gasteiger partial charge >= 0.3 is 11.9 Å². The molecule has 116 valence electrons. The maximum atomic E-state index is 12.0. The van der Waals surface area contributed by atoms with Gasteiger partial charge in [0.05, 0.1) is 0 Å². The van der Waals surface area contributed by atoms with E-state index in [9.17, 15) is 9.59 Å². The van der Waals surface area contributed by atoms with Crippen molar-refractivity contribution in [3.8, 4) is 0 Å². The summed E-state index contributed by atoms with van der Waals surface area (Å²) < 4.78 is 6.72. The monoisotopic (exact) mass is 296 g/mol. The molecule has 1 aromatic rings. The average Bonchev–Trinajstić information content (AvgIpc) is 2.81. The Bertz CT molecular complexity index is 508. The van der Waals surface area contributed by atoms with Gasteiger partial charge in [-0.2, -0.15) is 0 Å². The SMILES string of the molecule is Nc1c(C(=O)OC2CCCCC2)nnn1CCCC(=O)O. The number of carbonyl (C=O) groups is 2. The standard InChI is InChI=1S/C13H20N4O4/c14-12-11(13(20)21-9-5-2-1-3-6-9)15-16-17(12)8-4-7-10(18)19/h9H,1-8,14H2,(H,18,19). The van der Waals surface area contributed by atoms with E-state index in [0.717, 1.165) is 25.7 Å². The minimum Gasteiger partial charge on any atom is -0.481 e. The van der Waals surface area contributed by atoms with E-state index in [2.05, 4.69) is 10.3 Å². The van der Waals surface area contributed by atoms with Crippen LogP contribution in [0, 0.1) is 0 Å². The first-order chi connectivity index (χ1) is 10.1. The second kappa shape index (κ2) is 7.05. The molecule has 0 aliphatic heterocycles. The van der Waals surface area contributed by atoms with E-state index in [-0.39, 0.29) is 24.0 Å². The molecule has 0 bridgehead atoms. The van der Waals surface area contributed by atoms with Crippen molar-refractivity contribution in [1.82, 2.24) is 15.0 Å². The van der Waals surface area contributed by atoms with Gasteiger partial charge in [-0.3, -0.25) is 4.79 Å². The number of nitrogens with zero attached hydrogens (tertiary/aromatic N) is 3. The first-order valence-electron chi connectivity index (χ1n) is 7.19. The van der Waals surface area contributed by atoms with Gasteiger partial charge in [0.1, 0.15) is 6.10 Å². The number of nitrogen functional groups attached to an aromatic ring is 1. The third-order valence-corrected chi connectivity index (χ3v) is 3.55. The molecular weight excluding hydrogens is 276 g/mol. The van der Waals surface area contributed by atoms with Crippen LogP contribution in [0.3, 0.4) is 0 Å². The number of nitrogens with two attached hydrogens (primary N) is 1. The van der Waals surface area contributed by atoms with Gasteiger partial charge in [0, 0.05) is 13.0 Å². The zero-order chi connectivity index (χ0) is 15.2. The lowest BCUT2D eigenvalue weighted by Gasteiger charge is -2.21. The van der Waals surface area contributed by atoms with Crippen LogP contribution in [0.2, 0.25) is 0 Å². The number of aromatic nitrogens is 3. The van der Waals surface area contributed by atoms with Crippen molar-refractivity contribution in [3.05, 3.63) is 5.69 Å². The Morgan fingerprint density at radius 2 is 2.05 bits per heavy atom. The number of hydrogen-bond donors (Lipinski definition) is 2. The van der Waals surface area contributed by atoms with Crippen molar-refractivity contribution < 1.29 is 19.4 Å². The molecule has 8 heteroatoms. The van der Waals surface area contributed by atoms with E-state index in [1.807, 2.05) is 0 Å². The Balaban J connectivity index is 1.91. The van der Waals surface area contributed by atoms with E-state index in [4.69, 9.17) is 15.6 Å². The summed E-state index contributed by atoms with van der Waals surface area (Å²) >= 11 is 0. The fraction of sp³-hybridized carbons (Fsp3) is 0.692. The summed E-state index contributed by atoms with van der Waals surface area (Å²) in [5, 5.41) is 16.1. The number of aryl methyl sites for hydroxylation is 1. The Kier molecular flexibility index (Phi) is 5.13. The lowest BCUT2D eigenvalue weighted by Crippen LogP contribution is -2.22. The third-order valence-electron chi connectivity index (χ3n) is 3.55. The highest BCUT2D eigenvalue weighted by Crippen LogP contribution is 2.22. The summed E-state index contributed by atoms with van der Waals surface area (Å²) in [6, 6.07) is 0. The Morgan fingerprint density at radius 3 is 2.71 bits per heavy atom. The quantitative estimate of drug-likeness (QED) is 0.757. The smallest absolute Gasteiger partial charge is 0.363 e. The highest BCUT2D eigenvalue weighted by Gasteiger charge is 2.23. The van der Waals surface area contributed by atoms with Gasteiger partial charge in [-0.1, -0.05) is 11.6 Å². The largest absolute Gasteiger partial charge is 0.481 e. The van der Waals surface area contributed by atoms with E-state index in [0.29, 0.717) is 13.0 Å². The molecule has 1 aliphatic carbocycles. The maximum absolute atomic E-state index is 12.0. The molecule has 0 spiro atoms. The molecule has 1 aromatic heterocycles. The molecule has 0 radical (unpaired) electrons. The number of rotatable bonds is 6. The normalized spacial score (nSPS) is 15.8. The minimum atomic E-state index is -0.884. The lowest BCUT2D eigenvalue weighted by atomic mass is 9.98. The van der Waals surface area contributed by atoms with Crippen LogP contribution in [0.5, 0.6) is 0 Å². The Morgan fingerprint density at radius 1 is 1.33 bits per heavy atom. The van der Waals surface area contributed by atoms with Crippen molar-refractivity contribution in [3.63, 3.8) is 0 Å². The van der Waals surface area contributed by atoms with Crippen molar-refractivity contribution >= 4 is 17.8 Å². The molecule has 0 amide bonds. The summed E-state index contributed by atoms with van der Waals surface area (Å²) in [5.74, 6) is -1.31. The molecule has 1 fully saturated rings. The van der Waals surface area contributed by atoms with Gasteiger partial charge in [0.25, 0.3) is 0 Å². The number of carboxylic acid groups (broad SMARTS) is 1. The number of anilines is 1. The second-order valence-corrected chi connectivity index (χ2v) is 5.21. The van der Waals surface area contributed by atoms with Crippen molar-refractivity contribution in [1.29, 1.82) is 0 Å². The molecular formula is C13H20N4O4. The van der Waals surface area contributed by atoms with Gasteiger partial charge in [-0.05, 0) is 32.1 Å². The second-order valence-electron chi connectivity index (χ2n) is 5.21. The average molecular weight is 296 g/mol. The van der Waals surface area contributed by atoms with Crippen LogP contribution in [-0.4, -0.2) is 38.1 Å². The number of carboxylic acids is 1. The van der Waals surface area contributed by atoms with Crippen molar-refractivity contribution in [2.45, 2.75) is 57.6 Å². The summed E-state index contributed by atoms with van der Waals surface area (Å²) in [5.41, 5.74) is 5.83. The molecule has 0 saturated heterocycles. The molecule has 1 aliphatic rings. The summed E-state index contributed by atoms with van der Waals surface area (Å²) in [4.78, 5) is 22.5. The number of esters is 1. The first kappa shape index (κ1) is 15.3. The van der Waals surface area contributed by atoms with E-state index >= 15 is 0 Å². The van der Waals surface area contributed by atoms with E-state index in [1.165, 1.54) is 11.1 Å². The van der Waals surface area contributed by atoms with E-state index < -0.39 is 11.9 Å². The van der Waals surface area contributed by atoms with Gasteiger partial charge in [0.15, 0.2) is 5.82 Å². The zero-order valence-electron chi connectivity index (χ0n) is 11.8. The molecule has 0 unspecified atom stereocenters. The van der Waals surface area contributed by atoms with Crippen LogP contribution in [0.4, 0.5) is 5.82 Å². The van der Waals surface area contributed by atoms with Crippen LogP contribution in [-0.2, 0) is 16.1 Å². The van der Waals surface area contributed by atoms with Gasteiger partial charge in [0.2, 0.25) is 5.69 Å². The minimum absolute atomic E-state index is 0.0101. The van der Waals surface area contributed by atoms with Crippen molar-refractivity contribution in [2.24, 2.45) is 0 Å². The molecule has 1 heterocycles. The molecule has 0 aromatic carbocycles. The molecule has 1 saturated carbocycles. The summed E-state index contributed by atoms with van der Waals surface area (Å²) in [7, 11) is 0. The topological polar surface area (TPSA) is 120 Å². The summed E-state index contributed by atoms with van der Waals surface area (Å²) in [6.07, 6.45) is 5.38. The van der Waals surface area contributed by atoms with Crippen LogP contribution in [0.15, 0.2) is 0 Å². The van der Waals surface area contributed by atoms with Crippen LogP contribution in [0.25, 0.3) is 0 Å². The lowest BCUT2D eigenvalue weighted by molar-refractivity contribution is -0.137. The predicted octanol–water partition coefficient (Wildman–Crippen LogP) is 1.21.